The molecule has 1 aromatic carbocycles. The topological polar surface area (TPSA) is 12.5 Å². The van der Waals surface area contributed by atoms with Crippen molar-refractivity contribution in [3.8, 4) is 0 Å². The van der Waals surface area contributed by atoms with Crippen LogP contribution in [-0.4, -0.2) is 37.2 Å². The molecule has 16 heavy (non-hydrogen) atoms. The molecule has 0 radical (unpaired) electrons. The number of nitrogens with zero attached hydrogens (tertiary/aromatic N) is 1. The van der Waals surface area contributed by atoms with Crippen molar-refractivity contribution >= 4 is 15.9 Å². The Labute approximate surface area is 106 Å². The van der Waals surface area contributed by atoms with Crippen LogP contribution < -0.4 is 0 Å². The van der Waals surface area contributed by atoms with Gasteiger partial charge in [0.05, 0.1) is 17.5 Å². The van der Waals surface area contributed by atoms with E-state index in [2.05, 4.69) is 52.0 Å². The first-order valence-electron chi connectivity index (χ1n) is 5.84. The van der Waals surface area contributed by atoms with Crippen molar-refractivity contribution in [2.24, 2.45) is 0 Å². The quantitative estimate of drug-likeness (QED) is 0.791. The lowest BCUT2D eigenvalue weighted by Crippen LogP contribution is -2.43. The number of alkyl halides is 1. The molecule has 0 N–H and O–H groups in total. The van der Waals surface area contributed by atoms with Gasteiger partial charge in [-0.25, -0.2) is 0 Å². The van der Waals surface area contributed by atoms with E-state index >= 15 is 0 Å². The predicted octanol–water partition coefficient (Wildman–Crippen LogP) is 2.84. The number of halogens is 1. The Balaban J connectivity index is 2.01. The molecule has 0 aliphatic carbocycles. The zero-order chi connectivity index (χ0) is 11.4. The molecule has 2 rings (SSSR count). The van der Waals surface area contributed by atoms with E-state index in [-0.39, 0.29) is 6.10 Å². The Hall–Kier alpha value is -0.380. The summed E-state index contributed by atoms with van der Waals surface area (Å²) in [5, 5.41) is 0. The van der Waals surface area contributed by atoms with Crippen molar-refractivity contribution < 1.29 is 4.74 Å². The molecule has 1 aliphatic rings. The molecule has 0 saturated carbocycles. The molecular formula is C13H18BrNO. The van der Waals surface area contributed by atoms with E-state index in [0.29, 0.717) is 4.83 Å². The Morgan fingerprint density at radius 2 is 2.19 bits per heavy atom. The summed E-state index contributed by atoms with van der Waals surface area (Å²) >= 11 is 3.75. The van der Waals surface area contributed by atoms with E-state index in [1.165, 1.54) is 5.56 Å². The van der Waals surface area contributed by atoms with Gasteiger partial charge in [0.25, 0.3) is 0 Å². The number of rotatable bonds is 3. The first kappa shape index (κ1) is 12.1. The SMILES string of the molecule is CCN1CCO[C@H]([C@H](Br)c2ccccc2)C1. The average molecular weight is 284 g/mol. The zero-order valence-corrected chi connectivity index (χ0v) is 11.2. The Morgan fingerprint density at radius 3 is 2.88 bits per heavy atom. The summed E-state index contributed by atoms with van der Waals surface area (Å²) in [5.41, 5.74) is 1.30. The summed E-state index contributed by atoms with van der Waals surface area (Å²) in [6.07, 6.45) is 0.260. The summed E-state index contributed by atoms with van der Waals surface area (Å²) in [7, 11) is 0. The fraction of sp³-hybridized carbons (Fsp3) is 0.538. The van der Waals surface area contributed by atoms with Crippen molar-refractivity contribution in [3.63, 3.8) is 0 Å². The minimum atomic E-state index is 0.260. The van der Waals surface area contributed by atoms with E-state index in [0.717, 1.165) is 26.2 Å². The van der Waals surface area contributed by atoms with Crippen LogP contribution in [0.15, 0.2) is 30.3 Å². The highest BCUT2D eigenvalue weighted by molar-refractivity contribution is 9.09. The molecule has 88 valence electrons. The number of likely N-dealkylation sites (N-methyl/N-ethyl adjacent to an activating group) is 1. The van der Waals surface area contributed by atoms with E-state index in [4.69, 9.17) is 4.74 Å². The zero-order valence-electron chi connectivity index (χ0n) is 9.60. The van der Waals surface area contributed by atoms with Gasteiger partial charge in [0.15, 0.2) is 0 Å². The molecule has 0 amide bonds. The molecule has 1 aromatic rings. The van der Waals surface area contributed by atoms with E-state index in [1.807, 2.05) is 6.07 Å². The van der Waals surface area contributed by atoms with Gasteiger partial charge in [-0.3, -0.25) is 4.90 Å². The van der Waals surface area contributed by atoms with Crippen LogP contribution in [0.2, 0.25) is 0 Å². The van der Waals surface area contributed by atoms with Crippen LogP contribution in [0.25, 0.3) is 0 Å². The summed E-state index contributed by atoms with van der Waals surface area (Å²) in [4.78, 5) is 2.73. The van der Waals surface area contributed by atoms with Crippen LogP contribution in [0, 0.1) is 0 Å². The second-order valence-electron chi connectivity index (χ2n) is 4.11. The molecule has 1 fully saturated rings. The van der Waals surface area contributed by atoms with Crippen LogP contribution in [0.4, 0.5) is 0 Å². The maximum Gasteiger partial charge on any atom is 0.0868 e. The number of benzene rings is 1. The monoisotopic (exact) mass is 283 g/mol. The van der Waals surface area contributed by atoms with Gasteiger partial charge in [-0.15, -0.1) is 0 Å². The van der Waals surface area contributed by atoms with Crippen LogP contribution in [0.1, 0.15) is 17.3 Å². The van der Waals surface area contributed by atoms with Gasteiger partial charge in [0, 0.05) is 13.1 Å². The fourth-order valence-electron chi connectivity index (χ4n) is 2.05. The predicted molar refractivity (Wildman–Crippen MR) is 70.0 cm³/mol. The van der Waals surface area contributed by atoms with Crippen molar-refractivity contribution in [2.45, 2.75) is 17.9 Å². The van der Waals surface area contributed by atoms with Crippen LogP contribution in [0.3, 0.4) is 0 Å². The van der Waals surface area contributed by atoms with Crippen molar-refractivity contribution in [1.82, 2.24) is 4.90 Å². The van der Waals surface area contributed by atoms with Crippen LogP contribution >= 0.6 is 15.9 Å². The summed E-state index contributed by atoms with van der Waals surface area (Å²) in [6, 6.07) is 10.5. The third kappa shape index (κ3) is 2.84. The normalized spacial score (nSPS) is 24.2. The van der Waals surface area contributed by atoms with Crippen molar-refractivity contribution in [3.05, 3.63) is 35.9 Å². The smallest absolute Gasteiger partial charge is 0.0868 e. The molecule has 0 unspecified atom stereocenters. The average Bonchev–Trinajstić information content (AvgIpc) is 2.39. The van der Waals surface area contributed by atoms with E-state index < -0.39 is 0 Å². The van der Waals surface area contributed by atoms with Gasteiger partial charge in [-0.1, -0.05) is 53.2 Å². The van der Waals surface area contributed by atoms with Gasteiger partial charge in [0.2, 0.25) is 0 Å². The first-order valence-corrected chi connectivity index (χ1v) is 6.76. The molecule has 0 spiro atoms. The van der Waals surface area contributed by atoms with Gasteiger partial charge < -0.3 is 4.74 Å². The lowest BCUT2D eigenvalue weighted by atomic mass is 10.1. The highest BCUT2D eigenvalue weighted by atomic mass is 79.9. The first-order chi connectivity index (χ1) is 7.81. The molecule has 0 aromatic heterocycles. The summed E-state index contributed by atoms with van der Waals surface area (Å²) < 4.78 is 5.84. The van der Waals surface area contributed by atoms with Crippen LogP contribution in [-0.2, 0) is 4.74 Å². The molecule has 1 heterocycles. The molecule has 2 nitrogen and oxygen atoms in total. The Kier molecular flexibility index (Phi) is 4.38. The number of ether oxygens (including phenoxy) is 1. The third-order valence-electron chi connectivity index (χ3n) is 3.07. The highest BCUT2D eigenvalue weighted by Crippen LogP contribution is 2.30. The molecular weight excluding hydrogens is 266 g/mol. The Morgan fingerprint density at radius 1 is 1.44 bits per heavy atom. The second kappa shape index (κ2) is 5.80. The highest BCUT2D eigenvalue weighted by Gasteiger charge is 2.26. The van der Waals surface area contributed by atoms with Crippen molar-refractivity contribution in [1.29, 1.82) is 0 Å². The molecule has 0 bridgehead atoms. The minimum absolute atomic E-state index is 0.260. The maximum atomic E-state index is 5.84. The number of morpholine rings is 1. The van der Waals surface area contributed by atoms with Crippen LogP contribution in [0.5, 0.6) is 0 Å². The maximum absolute atomic E-state index is 5.84. The third-order valence-corrected chi connectivity index (χ3v) is 4.19. The molecule has 1 saturated heterocycles. The lowest BCUT2D eigenvalue weighted by Gasteiger charge is -2.34. The van der Waals surface area contributed by atoms with Gasteiger partial charge >= 0.3 is 0 Å². The van der Waals surface area contributed by atoms with Gasteiger partial charge in [0.1, 0.15) is 0 Å². The van der Waals surface area contributed by atoms with E-state index in [9.17, 15) is 0 Å². The standard InChI is InChI=1S/C13H18BrNO/c1-2-15-8-9-16-12(10-15)13(14)11-6-4-3-5-7-11/h3-7,12-13H,2,8-10H2,1H3/t12-,13+/m0/s1. The fourth-order valence-corrected chi connectivity index (χ4v) is 2.67. The van der Waals surface area contributed by atoms with Crippen molar-refractivity contribution in [2.75, 3.05) is 26.2 Å². The molecule has 3 heteroatoms. The van der Waals surface area contributed by atoms with E-state index in [1.54, 1.807) is 0 Å². The molecule has 2 atom stereocenters. The minimum Gasteiger partial charge on any atom is -0.374 e. The number of hydrogen-bond donors (Lipinski definition) is 0. The summed E-state index contributed by atoms with van der Waals surface area (Å²) in [5.74, 6) is 0. The largest absolute Gasteiger partial charge is 0.374 e. The molecule has 1 aliphatic heterocycles. The van der Waals surface area contributed by atoms with Gasteiger partial charge in [-0.2, -0.15) is 0 Å². The number of hydrogen-bond acceptors (Lipinski definition) is 2. The lowest BCUT2D eigenvalue weighted by molar-refractivity contribution is -0.0263. The van der Waals surface area contributed by atoms with Gasteiger partial charge in [-0.05, 0) is 12.1 Å². The Bertz CT molecular complexity index is 317. The second-order valence-corrected chi connectivity index (χ2v) is 5.10. The summed E-state index contributed by atoms with van der Waals surface area (Å²) in [6.45, 7) is 6.22.